The first-order valence-corrected chi connectivity index (χ1v) is 7.93. The lowest BCUT2D eigenvalue weighted by molar-refractivity contribution is 0.171. The van der Waals surface area contributed by atoms with E-state index in [4.69, 9.17) is 0 Å². The number of aromatic nitrogens is 1. The summed E-state index contributed by atoms with van der Waals surface area (Å²) >= 11 is 0. The number of pyridine rings is 1. The molecule has 0 unspecified atom stereocenters. The quantitative estimate of drug-likeness (QED) is 0.928. The van der Waals surface area contributed by atoms with Crippen molar-refractivity contribution in [3.63, 3.8) is 0 Å². The Bertz CT molecular complexity index is 466. The first kappa shape index (κ1) is 14.2. The van der Waals surface area contributed by atoms with Gasteiger partial charge >= 0.3 is 6.03 Å². The molecule has 1 aromatic rings. The molecule has 1 aliphatic heterocycles. The second-order valence-electron chi connectivity index (χ2n) is 6.14. The van der Waals surface area contributed by atoms with Crippen LogP contribution in [-0.4, -0.2) is 48.1 Å². The van der Waals surface area contributed by atoms with Gasteiger partial charge in [-0.25, -0.2) is 9.78 Å². The number of likely N-dealkylation sites (N-methyl/N-ethyl adjacent to an activating group) is 1. The zero-order valence-corrected chi connectivity index (χ0v) is 12.7. The van der Waals surface area contributed by atoms with Crippen molar-refractivity contribution in [2.75, 3.05) is 25.0 Å². The van der Waals surface area contributed by atoms with Gasteiger partial charge in [0.2, 0.25) is 0 Å². The molecule has 1 aromatic heterocycles. The molecule has 3 rings (SSSR count). The van der Waals surface area contributed by atoms with Crippen molar-refractivity contribution < 1.29 is 4.79 Å². The molecule has 114 valence electrons. The lowest BCUT2D eigenvalue weighted by atomic mass is 9.96. The summed E-state index contributed by atoms with van der Waals surface area (Å²) in [6, 6.07) is 6.67. The van der Waals surface area contributed by atoms with E-state index in [-0.39, 0.29) is 12.1 Å². The largest absolute Gasteiger partial charge is 0.352 e. The number of carbonyl (C=O) groups is 1. The molecule has 2 amide bonds. The molecule has 1 saturated heterocycles. The van der Waals surface area contributed by atoms with Crippen LogP contribution in [0.25, 0.3) is 0 Å². The zero-order chi connectivity index (χ0) is 14.7. The van der Waals surface area contributed by atoms with Crippen LogP contribution in [0.4, 0.5) is 10.6 Å². The van der Waals surface area contributed by atoms with Crippen molar-refractivity contribution in [2.45, 2.75) is 44.2 Å². The lowest BCUT2D eigenvalue weighted by Gasteiger charge is -2.44. The van der Waals surface area contributed by atoms with Gasteiger partial charge in [0.1, 0.15) is 5.82 Å². The van der Waals surface area contributed by atoms with E-state index in [1.54, 1.807) is 0 Å². The van der Waals surface area contributed by atoms with Crippen LogP contribution in [0.2, 0.25) is 0 Å². The van der Waals surface area contributed by atoms with Crippen LogP contribution < -0.4 is 10.2 Å². The molecule has 1 aliphatic carbocycles. The smallest absolute Gasteiger partial charge is 0.317 e. The maximum Gasteiger partial charge on any atom is 0.317 e. The molecule has 2 aliphatic rings. The lowest BCUT2D eigenvalue weighted by Crippen LogP contribution is -2.62. The van der Waals surface area contributed by atoms with Crippen molar-refractivity contribution in [1.82, 2.24) is 15.2 Å². The molecular weight excluding hydrogens is 264 g/mol. The molecule has 0 spiro atoms. The summed E-state index contributed by atoms with van der Waals surface area (Å²) in [5.74, 6) is 0.995. The van der Waals surface area contributed by atoms with Crippen LogP contribution in [0.1, 0.15) is 32.1 Å². The fourth-order valence-electron chi connectivity index (χ4n) is 3.12. The van der Waals surface area contributed by atoms with E-state index in [9.17, 15) is 4.79 Å². The maximum atomic E-state index is 12.3. The van der Waals surface area contributed by atoms with Gasteiger partial charge in [-0.3, -0.25) is 0 Å². The number of carbonyl (C=O) groups excluding carboxylic acids is 1. The predicted octanol–water partition coefficient (Wildman–Crippen LogP) is 2.24. The van der Waals surface area contributed by atoms with Crippen molar-refractivity contribution in [3.8, 4) is 0 Å². The van der Waals surface area contributed by atoms with Crippen LogP contribution in [-0.2, 0) is 0 Å². The summed E-state index contributed by atoms with van der Waals surface area (Å²) in [5, 5.41) is 3.18. The van der Waals surface area contributed by atoms with E-state index in [2.05, 4.69) is 15.2 Å². The molecule has 2 heterocycles. The summed E-state index contributed by atoms with van der Waals surface area (Å²) in [7, 11) is 1.90. The average molecular weight is 288 g/mol. The first-order chi connectivity index (χ1) is 10.2. The molecule has 5 nitrogen and oxygen atoms in total. The molecule has 2 fully saturated rings. The Morgan fingerprint density at radius 3 is 2.71 bits per heavy atom. The first-order valence-electron chi connectivity index (χ1n) is 7.93. The normalized spacial score (nSPS) is 20.0. The zero-order valence-electron chi connectivity index (χ0n) is 12.7. The summed E-state index contributed by atoms with van der Waals surface area (Å²) in [5.41, 5.74) is 0. The number of nitrogens with one attached hydrogen (secondary N) is 1. The van der Waals surface area contributed by atoms with Gasteiger partial charge in [-0.1, -0.05) is 25.3 Å². The summed E-state index contributed by atoms with van der Waals surface area (Å²) < 4.78 is 0. The van der Waals surface area contributed by atoms with E-state index in [1.807, 2.05) is 36.3 Å². The van der Waals surface area contributed by atoms with Crippen LogP contribution in [0, 0.1) is 0 Å². The summed E-state index contributed by atoms with van der Waals surface area (Å²) in [4.78, 5) is 20.7. The van der Waals surface area contributed by atoms with Crippen molar-refractivity contribution in [2.24, 2.45) is 0 Å². The molecule has 5 heteroatoms. The third-order valence-electron chi connectivity index (χ3n) is 4.64. The number of hydrogen-bond donors (Lipinski definition) is 1. The second kappa shape index (κ2) is 6.33. The molecule has 0 aromatic carbocycles. The highest BCUT2D eigenvalue weighted by atomic mass is 16.2. The van der Waals surface area contributed by atoms with E-state index >= 15 is 0 Å². The van der Waals surface area contributed by atoms with Gasteiger partial charge < -0.3 is 15.1 Å². The van der Waals surface area contributed by atoms with Gasteiger partial charge in [-0.15, -0.1) is 0 Å². The molecule has 0 bridgehead atoms. The van der Waals surface area contributed by atoms with E-state index in [1.165, 1.54) is 19.3 Å². The third kappa shape index (κ3) is 3.28. The number of nitrogens with zero attached hydrogens (tertiary/aromatic N) is 3. The van der Waals surface area contributed by atoms with Crippen LogP contribution in [0.5, 0.6) is 0 Å². The predicted molar refractivity (Wildman–Crippen MR) is 83.4 cm³/mol. The third-order valence-corrected chi connectivity index (χ3v) is 4.64. The monoisotopic (exact) mass is 288 g/mol. The van der Waals surface area contributed by atoms with Crippen molar-refractivity contribution in [3.05, 3.63) is 24.4 Å². The number of urea groups is 1. The van der Waals surface area contributed by atoms with E-state index < -0.39 is 0 Å². The molecule has 0 atom stereocenters. The van der Waals surface area contributed by atoms with Crippen LogP contribution in [0.15, 0.2) is 24.4 Å². The van der Waals surface area contributed by atoms with Gasteiger partial charge in [0.25, 0.3) is 0 Å². The Balaban J connectivity index is 1.46. The van der Waals surface area contributed by atoms with Gasteiger partial charge in [0.15, 0.2) is 0 Å². The van der Waals surface area contributed by atoms with Gasteiger partial charge in [-0.2, -0.15) is 0 Å². The molecular formula is C16H24N4O. The number of amides is 2. The molecule has 0 radical (unpaired) electrons. The van der Waals surface area contributed by atoms with Crippen molar-refractivity contribution >= 4 is 11.8 Å². The van der Waals surface area contributed by atoms with E-state index in [0.29, 0.717) is 6.04 Å². The van der Waals surface area contributed by atoms with Crippen LogP contribution >= 0.6 is 0 Å². The Morgan fingerprint density at radius 1 is 1.29 bits per heavy atom. The Kier molecular flexibility index (Phi) is 4.27. The standard InChI is InChI=1S/C16H24N4O/c1-19(16(21)18-13-7-3-2-4-8-13)14-11-20(12-14)15-9-5-6-10-17-15/h5-6,9-10,13-14H,2-4,7-8,11-12H2,1H3,(H,18,21). The Morgan fingerprint density at radius 2 is 2.05 bits per heavy atom. The minimum absolute atomic E-state index is 0.0765. The Labute approximate surface area is 126 Å². The van der Waals surface area contributed by atoms with E-state index in [0.717, 1.165) is 31.7 Å². The highest BCUT2D eigenvalue weighted by Gasteiger charge is 2.33. The minimum atomic E-state index is 0.0765. The van der Waals surface area contributed by atoms with Gasteiger partial charge in [0, 0.05) is 32.4 Å². The summed E-state index contributed by atoms with van der Waals surface area (Å²) in [6.07, 6.45) is 7.86. The highest BCUT2D eigenvalue weighted by Crippen LogP contribution is 2.21. The van der Waals surface area contributed by atoms with Gasteiger partial charge in [-0.05, 0) is 25.0 Å². The SMILES string of the molecule is CN(C(=O)NC1CCCCC1)C1CN(c2ccccn2)C1. The highest BCUT2D eigenvalue weighted by molar-refractivity contribution is 5.75. The molecule has 1 saturated carbocycles. The number of hydrogen-bond acceptors (Lipinski definition) is 3. The fraction of sp³-hybridized carbons (Fsp3) is 0.625. The summed E-state index contributed by atoms with van der Waals surface area (Å²) in [6.45, 7) is 1.73. The minimum Gasteiger partial charge on any atom is -0.352 e. The van der Waals surface area contributed by atoms with Crippen LogP contribution in [0.3, 0.4) is 0 Å². The van der Waals surface area contributed by atoms with Crippen molar-refractivity contribution in [1.29, 1.82) is 0 Å². The number of anilines is 1. The molecule has 21 heavy (non-hydrogen) atoms. The van der Waals surface area contributed by atoms with Gasteiger partial charge in [0.05, 0.1) is 6.04 Å². The maximum absolute atomic E-state index is 12.3. The Hall–Kier alpha value is -1.78. The topological polar surface area (TPSA) is 48.5 Å². The fourth-order valence-corrected chi connectivity index (χ4v) is 3.12. The second-order valence-corrected chi connectivity index (χ2v) is 6.14. The molecule has 1 N–H and O–H groups in total. The average Bonchev–Trinajstić information content (AvgIpc) is 2.48. The number of rotatable bonds is 3.